The number of imidazole rings is 1. The van der Waals surface area contributed by atoms with E-state index in [1.165, 1.54) is 4.88 Å². The molecule has 0 aliphatic carbocycles. The maximum absolute atomic E-state index is 4.59. The molecule has 2 aromatic heterocycles. The number of H-pyrrole nitrogens is 1. The monoisotopic (exact) mass is 268 g/mol. The van der Waals surface area contributed by atoms with Gasteiger partial charge in [-0.3, -0.25) is 0 Å². The first kappa shape index (κ1) is 10.8. The van der Waals surface area contributed by atoms with E-state index in [0.29, 0.717) is 0 Å². The number of para-hydroxylation sites is 2. The van der Waals surface area contributed by atoms with Gasteiger partial charge in [-0.05, 0) is 23.6 Å². The molecule has 0 saturated carbocycles. The molecule has 4 nitrogen and oxygen atoms in total. The molecule has 1 aromatic carbocycles. The Morgan fingerprint density at radius 3 is 2.95 bits per heavy atom. The lowest BCUT2D eigenvalue weighted by atomic mass is 10.1. The Bertz CT molecular complexity index is 709. The Morgan fingerprint density at radius 2 is 2.11 bits per heavy atom. The highest BCUT2D eigenvalue weighted by Gasteiger charge is 2.23. The van der Waals surface area contributed by atoms with Crippen LogP contribution in [-0.4, -0.2) is 15.7 Å². The van der Waals surface area contributed by atoms with Gasteiger partial charge < -0.3 is 10.4 Å². The van der Waals surface area contributed by atoms with Gasteiger partial charge in [0.05, 0.1) is 17.1 Å². The average Bonchev–Trinajstić information content (AvgIpc) is 3.17. The van der Waals surface area contributed by atoms with E-state index in [1.54, 1.807) is 11.3 Å². The van der Waals surface area contributed by atoms with Crippen LogP contribution in [0.25, 0.3) is 11.0 Å². The van der Waals surface area contributed by atoms with Gasteiger partial charge in [0.15, 0.2) is 5.82 Å². The summed E-state index contributed by atoms with van der Waals surface area (Å²) in [6.45, 7) is 0. The van der Waals surface area contributed by atoms with Crippen molar-refractivity contribution in [3.8, 4) is 0 Å². The van der Waals surface area contributed by atoms with E-state index >= 15 is 0 Å². The number of fused-ring (bicyclic) bond motifs is 1. The predicted octanol–water partition coefficient (Wildman–Crippen LogP) is 3.06. The van der Waals surface area contributed by atoms with Crippen LogP contribution in [0, 0.1) is 0 Å². The fourth-order valence-corrected chi connectivity index (χ4v) is 3.11. The van der Waals surface area contributed by atoms with Crippen LogP contribution in [-0.2, 0) is 0 Å². The van der Waals surface area contributed by atoms with Gasteiger partial charge >= 0.3 is 0 Å². The third-order valence-electron chi connectivity index (χ3n) is 3.30. The molecule has 1 atom stereocenters. The fraction of sp³-hybridized carbons (Fsp3) is 0.143. The van der Waals surface area contributed by atoms with Crippen molar-refractivity contribution >= 4 is 28.1 Å². The number of nitrogens with one attached hydrogen (secondary N) is 2. The van der Waals surface area contributed by atoms with Crippen LogP contribution < -0.4 is 5.43 Å². The fourth-order valence-electron chi connectivity index (χ4n) is 2.33. The van der Waals surface area contributed by atoms with E-state index in [2.05, 4.69) is 38.0 Å². The Kier molecular flexibility index (Phi) is 2.38. The zero-order valence-electron chi connectivity index (χ0n) is 10.1. The first-order chi connectivity index (χ1) is 9.40. The van der Waals surface area contributed by atoms with Gasteiger partial charge in [-0.25, -0.2) is 4.98 Å². The molecule has 19 heavy (non-hydrogen) atoms. The van der Waals surface area contributed by atoms with Gasteiger partial charge in [0.1, 0.15) is 5.71 Å². The summed E-state index contributed by atoms with van der Waals surface area (Å²) in [5.74, 6) is 0.868. The summed E-state index contributed by atoms with van der Waals surface area (Å²) in [6.07, 6.45) is 0.875. The number of benzene rings is 1. The summed E-state index contributed by atoms with van der Waals surface area (Å²) < 4.78 is 0. The predicted molar refractivity (Wildman–Crippen MR) is 77.4 cm³/mol. The Balaban J connectivity index is 1.63. The minimum atomic E-state index is 0.281. The van der Waals surface area contributed by atoms with Crippen molar-refractivity contribution in [2.45, 2.75) is 12.5 Å². The lowest BCUT2D eigenvalue weighted by Crippen LogP contribution is -2.08. The minimum Gasteiger partial charge on any atom is -0.337 e. The van der Waals surface area contributed by atoms with Crippen LogP contribution in [0.2, 0.25) is 0 Å². The zero-order valence-corrected chi connectivity index (χ0v) is 10.9. The van der Waals surface area contributed by atoms with E-state index in [-0.39, 0.29) is 6.04 Å². The molecule has 1 aliphatic heterocycles. The molecule has 3 heterocycles. The largest absolute Gasteiger partial charge is 0.337 e. The first-order valence-corrected chi connectivity index (χ1v) is 7.09. The minimum absolute atomic E-state index is 0.281. The van der Waals surface area contributed by atoms with Crippen molar-refractivity contribution in [3.05, 3.63) is 52.5 Å². The SMILES string of the molecule is c1csc([C@H]2CC(c3nc4ccccc4[nH]3)=NN2)c1. The van der Waals surface area contributed by atoms with Crippen molar-refractivity contribution < 1.29 is 0 Å². The summed E-state index contributed by atoms with van der Waals surface area (Å²) in [4.78, 5) is 9.23. The van der Waals surface area contributed by atoms with Crippen molar-refractivity contribution in [2.75, 3.05) is 0 Å². The number of hydrogen-bond donors (Lipinski definition) is 2. The quantitative estimate of drug-likeness (QED) is 0.750. The summed E-state index contributed by atoms with van der Waals surface area (Å²) >= 11 is 1.76. The first-order valence-electron chi connectivity index (χ1n) is 6.21. The molecule has 0 unspecified atom stereocenters. The van der Waals surface area contributed by atoms with Crippen molar-refractivity contribution in [1.82, 2.24) is 15.4 Å². The molecule has 1 aliphatic rings. The molecular formula is C14H12N4S. The smallest absolute Gasteiger partial charge is 0.154 e. The third kappa shape index (κ3) is 1.82. The van der Waals surface area contributed by atoms with E-state index in [4.69, 9.17) is 0 Å². The third-order valence-corrected chi connectivity index (χ3v) is 4.29. The van der Waals surface area contributed by atoms with Gasteiger partial charge in [-0.15, -0.1) is 11.3 Å². The summed E-state index contributed by atoms with van der Waals surface area (Å²) in [7, 11) is 0. The summed E-state index contributed by atoms with van der Waals surface area (Å²) in [5, 5.41) is 6.51. The molecule has 5 heteroatoms. The molecule has 0 saturated heterocycles. The van der Waals surface area contributed by atoms with Crippen molar-refractivity contribution in [3.63, 3.8) is 0 Å². The average molecular weight is 268 g/mol. The lowest BCUT2D eigenvalue weighted by molar-refractivity contribution is 0.630. The number of hydrazone groups is 1. The topological polar surface area (TPSA) is 53.1 Å². The van der Waals surface area contributed by atoms with Crippen LogP contribution in [0.3, 0.4) is 0 Å². The Morgan fingerprint density at radius 1 is 1.16 bits per heavy atom. The molecule has 0 amide bonds. The molecular weight excluding hydrogens is 256 g/mol. The van der Waals surface area contributed by atoms with Gasteiger partial charge in [0.25, 0.3) is 0 Å². The lowest BCUT2D eigenvalue weighted by Gasteiger charge is -2.05. The zero-order chi connectivity index (χ0) is 12.7. The molecule has 0 fully saturated rings. The number of aromatic nitrogens is 2. The molecule has 0 radical (unpaired) electrons. The van der Waals surface area contributed by atoms with E-state index < -0.39 is 0 Å². The maximum atomic E-state index is 4.59. The molecule has 0 bridgehead atoms. The highest BCUT2D eigenvalue weighted by Crippen LogP contribution is 2.27. The number of hydrogen-bond acceptors (Lipinski definition) is 4. The maximum Gasteiger partial charge on any atom is 0.154 e. The van der Waals surface area contributed by atoms with Crippen molar-refractivity contribution in [1.29, 1.82) is 0 Å². The second-order valence-electron chi connectivity index (χ2n) is 4.56. The van der Waals surface area contributed by atoms with E-state index in [1.807, 2.05) is 24.3 Å². The standard InChI is InChI=1S/C14H12N4S/c1-2-5-10-9(4-1)15-14(16-10)12-8-11(17-18-12)13-6-3-7-19-13/h1-7,11,17H,8H2,(H,15,16)/t11-/m1/s1. The van der Waals surface area contributed by atoms with Crippen LogP contribution in [0.5, 0.6) is 0 Å². The number of aromatic amines is 1. The highest BCUT2D eigenvalue weighted by molar-refractivity contribution is 7.10. The molecule has 2 N–H and O–H groups in total. The second kappa shape index (κ2) is 4.20. The Hall–Kier alpha value is -2.14. The summed E-state index contributed by atoms with van der Waals surface area (Å²) in [6, 6.07) is 12.5. The van der Waals surface area contributed by atoms with Crippen LogP contribution >= 0.6 is 11.3 Å². The molecule has 4 rings (SSSR count). The number of nitrogens with zero attached hydrogens (tertiary/aromatic N) is 2. The van der Waals surface area contributed by atoms with Crippen LogP contribution in [0.4, 0.5) is 0 Å². The van der Waals surface area contributed by atoms with E-state index in [9.17, 15) is 0 Å². The summed E-state index contributed by atoms with van der Waals surface area (Å²) in [5.41, 5.74) is 6.23. The van der Waals surface area contributed by atoms with Crippen LogP contribution in [0.15, 0.2) is 46.9 Å². The van der Waals surface area contributed by atoms with Crippen molar-refractivity contribution in [2.24, 2.45) is 5.10 Å². The number of rotatable bonds is 2. The van der Waals surface area contributed by atoms with Gasteiger partial charge in [-0.1, -0.05) is 18.2 Å². The normalized spacial score (nSPS) is 18.5. The number of thiophene rings is 1. The van der Waals surface area contributed by atoms with Gasteiger partial charge in [0.2, 0.25) is 0 Å². The van der Waals surface area contributed by atoms with Gasteiger partial charge in [-0.2, -0.15) is 5.10 Å². The second-order valence-corrected chi connectivity index (χ2v) is 5.54. The van der Waals surface area contributed by atoms with Gasteiger partial charge in [0, 0.05) is 11.3 Å². The molecule has 0 spiro atoms. The highest BCUT2D eigenvalue weighted by atomic mass is 32.1. The molecule has 3 aromatic rings. The van der Waals surface area contributed by atoms with E-state index in [0.717, 1.165) is 29.0 Å². The van der Waals surface area contributed by atoms with Crippen LogP contribution in [0.1, 0.15) is 23.2 Å². The Labute approximate surface area is 114 Å². The molecule has 94 valence electrons.